The van der Waals surface area contributed by atoms with Gasteiger partial charge in [0.2, 0.25) is 0 Å². The number of ether oxygens (including phenoxy) is 1. The molecule has 0 spiro atoms. The van der Waals surface area contributed by atoms with Crippen molar-refractivity contribution >= 4 is 17.6 Å². The first-order chi connectivity index (χ1) is 7.77. The maximum Gasteiger partial charge on any atom is 0.168 e. The molecule has 1 aromatic rings. The normalized spacial score (nSPS) is 12.2. The molecule has 0 saturated heterocycles. The van der Waals surface area contributed by atoms with Crippen molar-refractivity contribution in [1.82, 2.24) is 4.98 Å². The van der Waals surface area contributed by atoms with E-state index < -0.39 is 0 Å². The molecule has 0 aliphatic heterocycles. The number of aromatic nitrogens is 1. The van der Waals surface area contributed by atoms with Crippen LogP contribution in [0.15, 0.2) is 18.3 Å². The summed E-state index contributed by atoms with van der Waals surface area (Å²) in [5.41, 5.74) is 0. The molecular formula is C12H20N2OS. The van der Waals surface area contributed by atoms with Gasteiger partial charge in [-0.1, -0.05) is 6.92 Å². The summed E-state index contributed by atoms with van der Waals surface area (Å²) < 4.78 is 5.24. The molecule has 1 heterocycles. The van der Waals surface area contributed by atoms with Crippen LogP contribution < -0.4 is 10.1 Å². The summed E-state index contributed by atoms with van der Waals surface area (Å²) >= 11 is 1.97. The number of nitrogens with one attached hydrogen (secondary N) is 1. The number of nitrogens with zero attached hydrogens (tertiary/aromatic N) is 1. The zero-order valence-electron chi connectivity index (χ0n) is 10.2. The van der Waals surface area contributed by atoms with E-state index in [9.17, 15) is 0 Å². The van der Waals surface area contributed by atoms with Crippen molar-refractivity contribution in [3.63, 3.8) is 0 Å². The Morgan fingerprint density at radius 3 is 3.06 bits per heavy atom. The Kier molecular flexibility index (Phi) is 6.08. The predicted molar refractivity (Wildman–Crippen MR) is 71.5 cm³/mol. The Morgan fingerprint density at radius 2 is 2.38 bits per heavy atom. The third kappa shape index (κ3) is 4.31. The van der Waals surface area contributed by atoms with Gasteiger partial charge in [-0.3, -0.25) is 0 Å². The van der Waals surface area contributed by atoms with Crippen LogP contribution in [0.5, 0.6) is 5.75 Å². The minimum Gasteiger partial charge on any atom is -0.493 e. The Balaban J connectivity index is 2.45. The Bertz CT molecular complexity index is 307. The number of thioether (sulfide) groups is 1. The summed E-state index contributed by atoms with van der Waals surface area (Å²) in [5.74, 6) is 4.00. The van der Waals surface area contributed by atoms with E-state index in [0.717, 1.165) is 18.0 Å². The summed E-state index contributed by atoms with van der Waals surface area (Å²) in [5, 5.41) is 3.37. The van der Waals surface area contributed by atoms with Gasteiger partial charge >= 0.3 is 0 Å². The molecule has 0 amide bonds. The molecule has 0 aliphatic carbocycles. The van der Waals surface area contributed by atoms with Crippen LogP contribution in [-0.4, -0.2) is 29.6 Å². The van der Waals surface area contributed by atoms with E-state index in [2.05, 4.69) is 24.1 Å². The number of hydrogen-bond acceptors (Lipinski definition) is 4. The molecule has 1 atom stereocenters. The molecule has 0 radical (unpaired) electrons. The van der Waals surface area contributed by atoms with Gasteiger partial charge in [0.25, 0.3) is 0 Å². The first kappa shape index (κ1) is 13.2. The number of rotatable bonds is 7. The second-order valence-corrected chi connectivity index (χ2v) is 4.98. The van der Waals surface area contributed by atoms with Crippen molar-refractivity contribution in [2.75, 3.05) is 23.9 Å². The van der Waals surface area contributed by atoms with Crippen LogP contribution in [-0.2, 0) is 0 Å². The largest absolute Gasteiger partial charge is 0.493 e. The highest BCUT2D eigenvalue weighted by Gasteiger charge is 2.07. The van der Waals surface area contributed by atoms with E-state index in [0.29, 0.717) is 6.04 Å². The zero-order valence-corrected chi connectivity index (χ0v) is 11.0. The maximum absolute atomic E-state index is 5.24. The summed E-state index contributed by atoms with van der Waals surface area (Å²) in [6.45, 7) is 4.36. The molecule has 1 rings (SSSR count). The Morgan fingerprint density at radius 1 is 1.56 bits per heavy atom. The fraction of sp³-hybridized carbons (Fsp3) is 0.583. The first-order valence-electron chi connectivity index (χ1n) is 5.61. The van der Waals surface area contributed by atoms with E-state index >= 15 is 0 Å². The van der Waals surface area contributed by atoms with Gasteiger partial charge in [0.15, 0.2) is 11.6 Å². The van der Waals surface area contributed by atoms with Crippen molar-refractivity contribution in [3.8, 4) is 5.75 Å². The summed E-state index contributed by atoms with van der Waals surface area (Å²) in [6.07, 6.45) is 2.91. The quantitative estimate of drug-likeness (QED) is 0.743. The molecule has 3 nitrogen and oxygen atoms in total. The first-order valence-corrected chi connectivity index (χ1v) is 6.76. The van der Waals surface area contributed by atoms with Crippen LogP contribution in [0.4, 0.5) is 5.82 Å². The standard InChI is InChI=1S/C12H20N2OS/c1-4-16-9-7-10(2)14-12-11(15-3)6-5-8-13-12/h5-6,8,10H,4,7,9H2,1-3H3,(H,13,14). The number of anilines is 1. The van der Waals surface area contributed by atoms with Gasteiger partial charge in [-0.05, 0) is 37.0 Å². The Hall–Kier alpha value is -0.900. The van der Waals surface area contributed by atoms with Crippen molar-refractivity contribution in [1.29, 1.82) is 0 Å². The molecular weight excluding hydrogens is 220 g/mol. The Labute approximate surface area is 102 Å². The van der Waals surface area contributed by atoms with E-state index in [1.54, 1.807) is 13.3 Å². The lowest BCUT2D eigenvalue weighted by Gasteiger charge is -2.15. The van der Waals surface area contributed by atoms with Crippen molar-refractivity contribution < 1.29 is 4.74 Å². The van der Waals surface area contributed by atoms with Gasteiger partial charge < -0.3 is 10.1 Å². The van der Waals surface area contributed by atoms with E-state index in [4.69, 9.17) is 4.74 Å². The van der Waals surface area contributed by atoms with Crippen LogP contribution >= 0.6 is 11.8 Å². The van der Waals surface area contributed by atoms with Crippen LogP contribution in [0.25, 0.3) is 0 Å². The molecule has 0 saturated carbocycles. The minimum atomic E-state index is 0.419. The number of hydrogen-bond donors (Lipinski definition) is 1. The lowest BCUT2D eigenvalue weighted by Crippen LogP contribution is -2.17. The van der Waals surface area contributed by atoms with E-state index in [1.807, 2.05) is 23.9 Å². The maximum atomic E-state index is 5.24. The third-order valence-corrected chi connectivity index (χ3v) is 3.21. The summed E-state index contributed by atoms with van der Waals surface area (Å²) in [4.78, 5) is 4.27. The lowest BCUT2D eigenvalue weighted by atomic mass is 10.2. The fourth-order valence-corrected chi connectivity index (χ4v) is 2.18. The molecule has 16 heavy (non-hydrogen) atoms. The third-order valence-electron chi connectivity index (χ3n) is 2.27. The van der Waals surface area contributed by atoms with Gasteiger partial charge in [-0.2, -0.15) is 11.8 Å². The van der Waals surface area contributed by atoms with Gasteiger partial charge in [-0.25, -0.2) is 4.98 Å². The number of methoxy groups -OCH3 is 1. The van der Waals surface area contributed by atoms with Crippen molar-refractivity contribution in [3.05, 3.63) is 18.3 Å². The molecule has 0 fully saturated rings. The topological polar surface area (TPSA) is 34.2 Å². The van der Waals surface area contributed by atoms with Gasteiger partial charge in [0.1, 0.15) is 0 Å². The molecule has 1 N–H and O–H groups in total. The summed E-state index contributed by atoms with van der Waals surface area (Å²) in [7, 11) is 1.67. The highest BCUT2D eigenvalue weighted by atomic mass is 32.2. The molecule has 0 aromatic carbocycles. The lowest BCUT2D eigenvalue weighted by molar-refractivity contribution is 0.414. The highest BCUT2D eigenvalue weighted by molar-refractivity contribution is 7.99. The van der Waals surface area contributed by atoms with Crippen LogP contribution in [0, 0.1) is 0 Å². The second kappa shape index (κ2) is 7.39. The van der Waals surface area contributed by atoms with Crippen LogP contribution in [0.2, 0.25) is 0 Å². The van der Waals surface area contributed by atoms with E-state index in [-0.39, 0.29) is 0 Å². The SMILES string of the molecule is CCSCCC(C)Nc1ncccc1OC. The van der Waals surface area contributed by atoms with E-state index in [1.165, 1.54) is 11.5 Å². The predicted octanol–water partition coefficient (Wildman–Crippen LogP) is 3.03. The minimum absolute atomic E-state index is 0.419. The zero-order chi connectivity index (χ0) is 11.8. The van der Waals surface area contributed by atoms with Crippen molar-refractivity contribution in [2.45, 2.75) is 26.3 Å². The molecule has 1 unspecified atom stereocenters. The monoisotopic (exact) mass is 240 g/mol. The smallest absolute Gasteiger partial charge is 0.168 e. The molecule has 90 valence electrons. The van der Waals surface area contributed by atoms with Gasteiger partial charge in [-0.15, -0.1) is 0 Å². The molecule has 0 aliphatic rings. The average Bonchev–Trinajstić information content (AvgIpc) is 2.30. The molecule has 0 bridgehead atoms. The van der Waals surface area contributed by atoms with Crippen LogP contribution in [0.3, 0.4) is 0 Å². The van der Waals surface area contributed by atoms with Crippen molar-refractivity contribution in [2.24, 2.45) is 0 Å². The molecule has 1 aromatic heterocycles. The van der Waals surface area contributed by atoms with Gasteiger partial charge in [0.05, 0.1) is 7.11 Å². The summed E-state index contributed by atoms with van der Waals surface area (Å²) in [6, 6.07) is 4.22. The highest BCUT2D eigenvalue weighted by Crippen LogP contribution is 2.21. The van der Waals surface area contributed by atoms with Crippen LogP contribution in [0.1, 0.15) is 20.3 Å². The number of pyridine rings is 1. The van der Waals surface area contributed by atoms with Gasteiger partial charge in [0, 0.05) is 12.2 Å². The fourth-order valence-electron chi connectivity index (χ4n) is 1.37. The average molecular weight is 240 g/mol. The molecule has 4 heteroatoms. The second-order valence-electron chi connectivity index (χ2n) is 3.59.